The second-order valence-corrected chi connectivity index (χ2v) is 10.2. The molecule has 0 N–H and O–H groups in total. The van der Waals surface area contributed by atoms with Crippen LogP contribution in [0.25, 0.3) is 10.2 Å². The van der Waals surface area contributed by atoms with Gasteiger partial charge in [0.25, 0.3) is 11.5 Å². The van der Waals surface area contributed by atoms with Gasteiger partial charge in [-0.2, -0.15) is 0 Å². The third-order valence-corrected chi connectivity index (χ3v) is 8.14. The number of amides is 1. The molecule has 0 spiro atoms. The fraction of sp³-hybridized carbons (Fsp3) is 0.286. The highest BCUT2D eigenvalue weighted by molar-refractivity contribution is 7.20. The Bertz CT molecular complexity index is 1200. The average molecular weight is 442 g/mol. The summed E-state index contributed by atoms with van der Waals surface area (Å²) >= 11 is 4.66. The summed E-state index contributed by atoms with van der Waals surface area (Å²) in [6.45, 7) is 3.72. The van der Waals surface area contributed by atoms with Crippen LogP contribution in [0.4, 0.5) is 0 Å². The van der Waals surface area contributed by atoms with Crippen LogP contribution in [-0.2, 0) is 26.1 Å². The summed E-state index contributed by atoms with van der Waals surface area (Å²) < 4.78 is 1.77. The number of rotatable bonds is 5. The first-order valence-electron chi connectivity index (χ1n) is 9.48. The van der Waals surface area contributed by atoms with E-state index in [4.69, 9.17) is 4.98 Å². The monoisotopic (exact) mass is 441 g/mol. The third kappa shape index (κ3) is 3.35. The molecular formula is C21H19N3O2S3. The van der Waals surface area contributed by atoms with E-state index in [0.717, 1.165) is 40.5 Å². The first-order valence-corrected chi connectivity index (χ1v) is 12.1. The number of nitrogens with zero attached hydrogens (tertiary/aromatic N) is 3. The first kappa shape index (κ1) is 18.7. The van der Waals surface area contributed by atoms with E-state index in [-0.39, 0.29) is 11.5 Å². The van der Waals surface area contributed by atoms with Crippen LogP contribution >= 0.6 is 34.0 Å². The SMILES string of the molecule is Cc1c(C(=O)N(Cc2cccs2)Cc2cccs2)sc2nc3n(c(=O)c12)CCC3. The van der Waals surface area contributed by atoms with Crippen LogP contribution in [0.3, 0.4) is 0 Å². The van der Waals surface area contributed by atoms with E-state index in [1.165, 1.54) is 11.3 Å². The summed E-state index contributed by atoms with van der Waals surface area (Å²) in [4.78, 5) is 36.7. The van der Waals surface area contributed by atoms with Gasteiger partial charge in [-0.3, -0.25) is 14.2 Å². The molecule has 5 heterocycles. The van der Waals surface area contributed by atoms with Crippen LogP contribution in [0.2, 0.25) is 0 Å². The highest BCUT2D eigenvalue weighted by Crippen LogP contribution is 2.31. The molecule has 5 rings (SSSR count). The van der Waals surface area contributed by atoms with Crippen LogP contribution in [0, 0.1) is 6.92 Å². The van der Waals surface area contributed by atoms with Crippen molar-refractivity contribution in [2.45, 2.75) is 39.4 Å². The molecular weight excluding hydrogens is 422 g/mol. The van der Waals surface area contributed by atoms with Crippen molar-refractivity contribution in [1.82, 2.24) is 14.5 Å². The molecule has 0 atom stereocenters. The van der Waals surface area contributed by atoms with E-state index in [1.807, 2.05) is 34.7 Å². The lowest BCUT2D eigenvalue weighted by Crippen LogP contribution is -2.29. The Morgan fingerprint density at radius 2 is 1.86 bits per heavy atom. The molecule has 0 unspecified atom stereocenters. The van der Waals surface area contributed by atoms with Gasteiger partial charge >= 0.3 is 0 Å². The molecule has 0 saturated heterocycles. The van der Waals surface area contributed by atoms with Gasteiger partial charge in [-0.05, 0) is 41.8 Å². The van der Waals surface area contributed by atoms with Gasteiger partial charge in [0.1, 0.15) is 10.7 Å². The number of aromatic nitrogens is 2. The minimum Gasteiger partial charge on any atom is -0.328 e. The molecule has 29 heavy (non-hydrogen) atoms. The van der Waals surface area contributed by atoms with Gasteiger partial charge < -0.3 is 4.90 Å². The number of carbonyl (C=O) groups excluding carboxylic acids is 1. The molecule has 8 heteroatoms. The molecule has 0 saturated carbocycles. The average Bonchev–Trinajstić information content (AvgIpc) is 3.49. The van der Waals surface area contributed by atoms with Gasteiger partial charge in [-0.1, -0.05) is 12.1 Å². The fourth-order valence-electron chi connectivity index (χ4n) is 3.80. The number of hydrogen-bond acceptors (Lipinski definition) is 6. The maximum absolute atomic E-state index is 13.6. The maximum atomic E-state index is 13.6. The number of carbonyl (C=O) groups is 1. The molecule has 0 aliphatic carbocycles. The van der Waals surface area contributed by atoms with Gasteiger partial charge in [-0.25, -0.2) is 4.98 Å². The van der Waals surface area contributed by atoms with E-state index in [9.17, 15) is 9.59 Å². The molecule has 148 valence electrons. The molecule has 0 radical (unpaired) electrons. The zero-order valence-electron chi connectivity index (χ0n) is 15.9. The van der Waals surface area contributed by atoms with Gasteiger partial charge in [0.15, 0.2) is 0 Å². The Kier molecular flexibility index (Phi) is 4.85. The van der Waals surface area contributed by atoms with Crippen molar-refractivity contribution in [2.75, 3.05) is 0 Å². The van der Waals surface area contributed by atoms with Crippen molar-refractivity contribution in [2.24, 2.45) is 0 Å². The first-order chi connectivity index (χ1) is 14.1. The molecule has 1 amide bonds. The number of hydrogen-bond donors (Lipinski definition) is 0. The lowest BCUT2D eigenvalue weighted by molar-refractivity contribution is 0.0738. The molecule has 4 aromatic rings. The smallest absolute Gasteiger partial charge is 0.264 e. The number of aryl methyl sites for hydroxylation is 2. The zero-order valence-corrected chi connectivity index (χ0v) is 18.3. The standard InChI is InChI=1S/C21H19N3O2S3/c1-13-17-19(22-16-7-2-8-24(16)20(17)25)29-18(13)21(26)23(11-14-5-3-9-27-14)12-15-6-4-10-28-15/h3-6,9-10H,2,7-8,11-12H2,1H3. The van der Waals surface area contributed by atoms with Crippen molar-refractivity contribution >= 4 is 50.1 Å². The largest absolute Gasteiger partial charge is 0.328 e. The predicted octanol–water partition coefficient (Wildman–Crippen LogP) is 4.68. The highest BCUT2D eigenvalue weighted by atomic mass is 32.1. The van der Waals surface area contributed by atoms with E-state index in [0.29, 0.717) is 28.2 Å². The molecule has 0 aromatic carbocycles. The molecule has 1 aliphatic rings. The maximum Gasteiger partial charge on any atom is 0.264 e. The van der Waals surface area contributed by atoms with Crippen LogP contribution in [0.15, 0.2) is 39.8 Å². The van der Waals surface area contributed by atoms with Crippen molar-refractivity contribution < 1.29 is 4.79 Å². The van der Waals surface area contributed by atoms with Gasteiger partial charge in [0.05, 0.1) is 23.4 Å². The number of thiophene rings is 3. The summed E-state index contributed by atoms with van der Waals surface area (Å²) in [5.74, 6) is 0.814. The Morgan fingerprint density at radius 1 is 1.17 bits per heavy atom. The predicted molar refractivity (Wildman–Crippen MR) is 119 cm³/mol. The van der Waals surface area contributed by atoms with Crippen molar-refractivity contribution in [1.29, 1.82) is 0 Å². The van der Waals surface area contributed by atoms with Gasteiger partial charge in [0.2, 0.25) is 0 Å². The van der Waals surface area contributed by atoms with Crippen LogP contribution < -0.4 is 5.56 Å². The van der Waals surface area contributed by atoms with E-state index >= 15 is 0 Å². The topological polar surface area (TPSA) is 55.2 Å². The van der Waals surface area contributed by atoms with E-state index in [2.05, 4.69) is 12.1 Å². The van der Waals surface area contributed by atoms with Crippen LogP contribution in [-0.4, -0.2) is 20.4 Å². The Hall–Kier alpha value is -2.29. The normalized spacial score (nSPS) is 13.1. The van der Waals surface area contributed by atoms with Crippen molar-refractivity contribution in [3.05, 3.63) is 71.4 Å². The van der Waals surface area contributed by atoms with Gasteiger partial charge in [0, 0.05) is 22.7 Å². The third-order valence-electron chi connectivity index (χ3n) is 5.25. The Balaban J connectivity index is 1.56. The fourth-order valence-corrected chi connectivity index (χ4v) is 6.40. The molecule has 1 aliphatic heterocycles. The Morgan fingerprint density at radius 3 is 2.48 bits per heavy atom. The lowest BCUT2D eigenvalue weighted by atomic mass is 10.2. The van der Waals surface area contributed by atoms with Crippen LogP contribution in [0.5, 0.6) is 0 Å². The summed E-state index contributed by atoms with van der Waals surface area (Å²) in [6, 6.07) is 8.11. The summed E-state index contributed by atoms with van der Waals surface area (Å²) in [6.07, 6.45) is 1.79. The molecule has 4 aromatic heterocycles. The van der Waals surface area contributed by atoms with Crippen LogP contribution in [0.1, 0.15) is 37.2 Å². The minimum absolute atomic E-state index is 0.00152. The second kappa shape index (κ2) is 7.51. The Labute approximate surface area is 179 Å². The van der Waals surface area contributed by atoms with Crippen molar-refractivity contribution in [3.8, 4) is 0 Å². The molecule has 0 fully saturated rings. The molecule has 0 bridgehead atoms. The molecule has 5 nitrogen and oxygen atoms in total. The summed E-state index contributed by atoms with van der Waals surface area (Å²) in [5.41, 5.74) is 0.760. The second-order valence-electron chi connectivity index (χ2n) is 7.14. The minimum atomic E-state index is -0.0307. The summed E-state index contributed by atoms with van der Waals surface area (Å²) in [7, 11) is 0. The van der Waals surface area contributed by atoms with E-state index < -0.39 is 0 Å². The quantitative estimate of drug-likeness (QED) is 0.452. The van der Waals surface area contributed by atoms with E-state index in [1.54, 1.807) is 27.2 Å². The number of fused-ring (bicyclic) bond motifs is 2. The highest BCUT2D eigenvalue weighted by Gasteiger charge is 2.26. The van der Waals surface area contributed by atoms with Crippen molar-refractivity contribution in [3.63, 3.8) is 0 Å². The lowest BCUT2D eigenvalue weighted by Gasteiger charge is -2.21. The van der Waals surface area contributed by atoms with Gasteiger partial charge in [-0.15, -0.1) is 34.0 Å². The zero-order chi connectivity index (χ0) is 20.0. The summed E-state index contributed by atoms with van der Waals surface area (Å²) in [5, 5.41) is 4.66.